The molecule has 2 aromatic rings. The van der Waals surface area contributed by atoms with Crippen LogP contribution in [-0.2, 0) is 6.42 Å². The average molecular weight is 321 g/mol. The standard InChI is InChI=1S/C14H10BrFN2O/c15-11-6-8(16)4-5-9(11)14-17-7-10-12(18-14)2-1-3-13(10)19/h4-7H,1-3H2. The van der Waals surface area contributed by atoms with Crippen molar-refractivity contribution in [3.63, 3.8) is 0 Å². The summed E-state index contributed by atoms with van der Waals surface area (Å²) in [6, 6.07) is 4.38. The first-order valence-electron chi connectivity index (χ1n) is 5.99. The lowest BCUT2D eigenvalue weighted by Crippen LogP contribution is -2.13. The second-order valence-electron chi connectivity index (χ2n) is 4.45. The van der Waals surface area contributed by atoms with Crippen molar-refractivity contribution in [3.05, 3.63) is 45.9 Å². The molecule has 0 aliphatic heterocycles. The number of aromatic nitrogens is 2. The van der Waals surface area contributed by atoms with Crippen LogP contribution in [0.5, 0.6) is 0 Å². The van der Waals surface area contributed by atoms with Crippen LogP contribution in [0, 0.1) is 5.82 Å². The Morgan fingerprint density at radius 2 is 2.05 bits per heavy atom. The molecule has 0 radical (unpaired) electrons. The van der Waals surface area contributed by atoms with E-state index >= 15 is 0 Å². The highest BCUT2D eigenvalue weighted by Crippen LogP contribution is 2.28. The van der Waals surface area contributed by atoms with Gasteiger partial charge in [0.2, 0.25) is 0 Å². The number of hydrogen-bond donors (Lipinski definition) is 0. The Kier molecular flexibility index (Phi) is 3.14. The summed E-state index contributed by atoms with van der Waals surface area (Å²) >= 11 is 3.30. The average Bonchev–Trinajstić information content (AvgIpc) is 2.38. The lowest BCUT2D eigenvalue weighted by molar-refractivity contribution is 0.0971. The van der Waals surface area contributed by atoms with Crippen molar-refractivity contribution in [1.29, 1.82) is 0 Å². The summed E-state index contributed by atoms with van der Waals surface area (Å²) in [5.41, 5.74) is 2.13. The number of carbonyl (C=O) groups is 1. The summed E-state index contributed by atoms with van der Waals surface area (Å²) in [6.07, 6.45) is 3.76. The van der Waals surface area contributed by atoms with Gasteiger partial charge < -0.3 is 0 Å². The molecule has 0 fully saturated rings. The summed E-state index contributed by atoms with van der Waals surface area (Å²) in [5, 5.41) is 0. The minimum atomic E-state index is -0.316. The third kappa shape index (κ3) is 2.30. The fraction of sp³-hybridized carbons (Fsp3) is 0.214. The number of benzene rings is 1. The predicted molar refractivity (Wildman–Crippen MR) is 72.4 cm³/mol. The van der Waals surface area contributed by atoms with Crippen LogP contribution in [0.25, 0.3) is 11.4 Å². The van der Waals surface area contributed by atoms with E-state index in [2.05, 4.69) is 25.9 Å². The molecule has 96 valence electrons. The first kappa shape index (κ1) is 12.4. The highest BCUT2D eigenvalue weighted by Gasteiger charge is 2.20. The monoisotopic (exact) mass is 320 g/mol. The second-order valence-corrected chi connectivity index (χ2v) is 5.31. The zero-order valence-electron chi connectivity index (χ0n) is 9.99. The van der Waals surface area contributed by atoms with Gasteiger partial charge in [0, 0.05) is 22.7 Å². The molecule has 0 spiro atoms. The zero-order valence-corrected chi connectivity index (χ0v) is 11.6. The maximum absolute atomic E-state index is 13.1. The molecule has 0 N–H and O–H groups in total. The molecule has 0 bridgehead atoms. The van der Waals surface area contributed by atoms with Crippen molar-refractivity contribution in [2.45, 2.75) is 19.3 Å². The van der Waals surface area contributed by atoms with Gasteiger partial charge in [-0.15, -0.1) is 0 Å². The highest BCUT2D eigenvalue weighted by atomic mass is 79.9. The summed E-state index contributed by atoms with van der Waals surface area (Å²) in [5.74, 6) is 0.301. The molecule has 1 aliphatic carbocycles. The van der Waals surface area contributed by atoms with Crippen molar-refractivity contribution in [2.75, 3.05) is 0 Å². The summed E-state index contributed by atoms with van der Waals surface area (Å²) in [4.78, 5) is 20.4. The van der Waals surface area contributed by atoms with Gasteiger partial charge in [0.25, 0.3) is 0 Å². The first-order valence-corrected chi connectivity index (χ1v) is 6.79. The number of hydrogen-bond acceptors (Lipinski definition) is 3. The van der Waals surface area contributed by atoms with E-state index in [9.17, 15) is 9.18 Å². The van der Waals surface area contributed by atoms with E-state index < -0.39 is 0 Å². The summed E-state index contributed by atoms with van der Waals surface area (Å²) in [7, 11) is 0. The van der Waals surface area contributed by atoms with Gasteiger partial charge in [-0.3, -0.25) is 4.79 Å². The smallest absolute Gasteiger partial charge is 0.166 e. The molecule has 5 heteroatoms. The maximum atomic E-state index is 13.1. The minimum Gasteiger partial charge on any atom is -0.294 e. The normalized spacial score (nSPS) is 14.3. The third-order valence-corrected chi connectivity index (χ3v) is 3.81. The quantitative estimate of drug-likeness (QED) is 0.806. The molecule has 0 unspecified atom stereocenters. The predicted octanol–water partition coefficient (Wildman–Crippen LogP) is 3.56. The zero-order chi connectivity index (χ0) is 13.4. The van der Waals surface area contributed by atoms with E-state index in [0.717, 1.165) is 24.1 Å². The number of Topliss-reactive ketones (excluding diaryl/α,β-unsaturated/α-hetero) is 1. The number of rotatable bonds is 1. The lowest BCUT2D eigenvalue weighted by atomic mass is 9.96. The SMILES string of the molecule is O=C1CCCc2nc(-c3ccc(F)cc3Br)ncc21. The van der Waals surface area contributed by atoms with Crippen LogP contribution in [0.2, 0.25) is 0 Å². The number of carbonyl (C=O) groups excluding carboxylic acids is 1. The molecule has 1 aromatic carbocycles. The van der Waals surface area contributed by atoms with Crippen molar-refractivity contribution in [1.82, 2.24) is 9.97 Å². The number of halogens is 2. The second kappa shape index (κ2) is 4.81. The van der Waals surface area contributed by atoms with Gasteiger partial charge >= 0.3 is 0 Å². The van der Waals surface area contributed by atoms with E-state index in [-0.39, 0.29) is 11.6 Å². The fourth-order valence-corrected chi connectivity index (χ4v) is 2.72. The first-order chi connectivity index (χ1) is 9.15. The van der Waals surface area contributed by atoms with Crippen LogP contribution in [0.3, 0.4) is 0 Å². The molecule has 0 saturated heterocycles. The van der Waals surface area contributed by atoms with Crippen LogP contribution in [-0.4, -0.2) is 15.8 Å². The molecule has 1 heterocycles. The van der Waals surface area contributed by atoms with Crippen LogP contribution in [0.1, 0.15) is 28.9 Å². The Morgan fingerprint density at radius 1 is 1.21 bits per heavy atom. The largest absolute Gasteiger partial charge is 0.294 e. The molecule has 0 amide bonds. The van der Waals surface area contributed by atoms with Gasteiger partial charge in [-0.25, -0.2) is 14.4 Å². The lowest BCUT2D eigenvalue weighted by Gasteiger charge is -2.14. The minimum absolute atomic E-state index is 0.103. The van der Waals surface area contributed by atoms with E-state index in [1.54, 1.807) is 12.3 Å². The van der Waals surface area contributed by atoms with Crippen LogP contribution in [0.4, 0.5) is 4.39 Å². The van der Waals surface area contributed by atoms with Gasteiger partial charge in [0.1, 0.15) is 5.82 Å². The van der Waals surface area contributed by atoms with E-state index in [4.69, 9.17) is 0 Å². The fourth-order valence-electron chi connectivity index (χ4n) is 2.19. The van der Waals surface area contributed by atoms with Crippen molar-refractivity contribution >= 4 is 21.7 Å². The van der Waals surface area contributed by atoms with Gasteiger partial charge in [0.15, 0.2) is 11.6 Å². The van der Waals surface area contributed by atoms with Crippen LogP contribution in [0.15, 0.2) is 28.9 Å². The van der Waals surface area contributed by atoms with Gasteiger partial charge in [-0.2, -0.15) is 0 Å². The van der Waals surface area contributed by atoms with Gasteiger partial charge in [0.05, 0.1) is 11.3 Å². The Morgan fingerprint density at radius 3 is 2.84 bits per heavy atom. The van der Waals surface area contributed by atoms with E-state index in [1.165, 1.54) is 12.1 Å². The molecule has 3 nitrogen and oxygen atoms in total. The summed E-state index contributed by atoms with van der Waals surface area (Å²) < 4.78 is 13.7. The van der Waals surface area contributed by atoms with Crippen molar-refractivity contribution in [2.24, 2.45) is 0 Å². The Hall–Kier alpha value is -1.62. The molecule has 1 aliphatic rings. The Labute approximate surface area is 118 Å². The van der Waals surface area contributed by atoms with E-state index in [0.29, 0.717) is 22.3 Å². The number of aryl methyl sites for hydroxylation is 1. The molecule has 1 aromatic heterocycles. The summed E-state index contributed by atoms with van der Waals surface area (Å²) in [6.45, 7) is 0. The van der Waals surface area contributed by atoms with Crippen molar-refractivity contribution in [3.8, 4) is 11.4 Å². The topological polar surface area (TPSA) is 42.9 Å². The van der Waals surface area contributed by atoms with Gasteiger partial charge in [-0.05, 0) is 47.0 Å². The molecular formula is C14H10BrFN2O. The molecule has 0 saturated carbocycles. The third-order valence-electron chi connectivity index (χ3n) is 3.16. The Balaban J connectivity index is 2.09. The van der Waals surface area contributed by atoms with Crippen molar-refractivity contribution < 1.29 is 9.18 Å². The highest BCUT2D eigenvalue weighted by molar-refractivity contribution is 9.10. The molecular weight excluding hydrogens is 311 g/mol. The molecule has 3 rings (SSSR count). The number of nitrogens with zero attached hydrogens (tertiary/aromatic N) is 2. The van der Waals surface area contributed by atoms with Crippen LogP contribution < -0.4 is 0 Å². The van der Waals surface area contributed by atoms with Gasteiger partial charge in [-0.1, -0.05) is 0 Å². The van der Waals surface area contributed by atoms with E-state index in [1.807, 2.05) is 0 Å². The maximum Gasteiger partial charge on any atom is 0.166 e. The molecule has 0 atom stereocenters. The Bertz CT molecular complexity index is 672. The number of ketones is 1. The molecule has 19 heavy (non-hydrogen) atoms. The number of fused-ring (bicyclic) bond motifs is 1. The van der Waals surface area contributed by atoms with Crippen LogP contribution >= 0.6 is 15.9 Å².